The van der Waals surface area contributed by atoms with Crippen LogP contribution in [0.15, 0.2) is 48.5 Å². The van der Waals surface area contributed by atoms with Crippen molar-refractivity contribution >= 4 is 11.6 Å². The third-order valence-corrected chi connectivity index (χ3v) is 4.72. The van der Waals surface area contributed by atoms with Crippen LogP contribution < -0.4 is 14.8 Å². The van der Waals surface area contributed by atoms with Crippen LogP contribution in [0.1, 0.15) is 23.4 Å². The molecule has 28 heavy (non-hydrogen) atoms. The molecule has 0 saturated heterocycles. The Bertz CT molecular complexity index is 965. The van der Waals surface area contributed by atoms with Crippen LogP contribution in [0.3, 0.4) is 0 Å². The average molecular weight is 379 g/mol. The number of rotatable bonds is 7. The lowest BCUT2D eigenvalue weighted by molar-refractivity contribution is -0.116. The number of carbonyl (C=O) groups excluding carboxylic acids is 1. The number of aryl methyl sites for hydroxylation is 1. The van der Waals surface area contributed by atoms with Crippen molar-refractivity contribution in [3.05, 3.63) is 65.5 Å². The van der Waals surface area contributed by atoms with Gasteiger partial charge in [0.05, 0.1) is 31.3 Å². The molecule has 6 nitrogen and oxygen atoms in total. The van der Waals surface area contributed by atoms with Crippen molar-refractivity contribution in [2.45, 2.75) is 26.7 Å². The largest absolute Gasteiger partial charge is 0.497 e. The number of hydrogen-bond acceptors (Lipinski definition) is 4. The molecule has 0 radical (unpaired) electrons. The first-order chi connectivity index (χ1) is 13.5. The Morgan fingerprint density at radius 3 is 2.50 bits per heavy atom. The zero-order chi connectivity index (χ0) is 20.1. The van der Waals surface area contributed by atoms with E-state index >= 15 is 0 Å². The van der Waals surface area contributed by atoms with Gasteiger partial charge in [-0.15, -0.1) is 0 Å². The lowest BCUT2D eigenvalue weighted by Gasteiger charge is -2.12. The summed E-state index contributed by atoms with van der Waals surface area (Å²) < 4.78 is 12.5. The normalized spacial score (nSPS) is 10.6. The van der Waals surface area contributed by atoms with Crippen molar-refractivity contribution < 1.29 is 14.3 Å². The third-order valence-electron chi connectivity index (χ3n) is 4.72. The summed E-state index contributed by atoms with van der Waals surface area (Å²) in [6.45, 7) is 4.01. The number of ether oxygens (including phenoxy) is 2. The molecule has 1 heterocycles. The van der Waals surface area contributed by atoms with E-state index in [2.05, 4.69) is 10.4 Å². The summed E-state index contributed by atoms with van der Waals surface area (Å²) in [5.74, 6) is 1.17. The minimum Gasteiger partial charge on any atom is -0.497 e. The highest BCUT2D eigenvalue weighted by atomic mass is 16.5. The number of para-hydroxylation sites is 1. The van der Waals surface area contributed by atoms with E-state index in [4.69, 9.17) is 9.47 Å². The van der Waals surface area contributed by atoms with Crippen LogP contribution in [0.25, 0.3) is 5.69 Å². The molecule has 1 N–H and O–H groups in total. The molecular formula is C22H25N3O3. The van der Waals surface area contributed by atoms with Gasteiger partial charge in [-0.25, -0.2) is 4.68 Å². The standard InChI is InChI=1S/C22H25N3O3/c1-15-19(16(2)25(24-15)17-8-6-5-7-9-17)11-13-22(26)23-20-14-18(27-3)10-12-21(20)28-4/h5-10,12,14H,11,13H2,1-4H3,(H,23,26). The highest BCUT2D eigenvalue weighted by Gasteiger charge is 2.15. The Morgan fingerprint density at radius 1 is 1.07 bits per heavy atom. The van der Waals surface area contributed by atoms with E-state index in [9.17, 15) is 4.79 Å². The molecule has 0 spiro atoms. The zero-order valence-electron chi connectivity index (χ0n) is 16.7. The summed E-state index contributed by atoms with van der Waals surface area (Å²) in [6, 6.07) is 15.3. The highest BCUT2D eigenvalue weighted by molar-refractivity contribution is 5.92. The summed E-state index contributed by atoms with van der Waals surface area (Å²) >= 11 is 0. The van der Waals surface area contributed by atoms with Crippen molar-refractivity contribution in [1.29, 1.82) is 0 Å². The SMILES string of the molecule is COc1ccc(OC)c(NC(=O)CCc2c(C)nn(-c3ccccc3)c2C)c1. The Morgan fingerprint density at radius 2 is 1.82 bits per heavy atom. The Kier molecular flexibility index (Phi) is 5.99. The van der Waals surface area contributed by atoms with Gasteiger partial charge in [0.1, 0.15) is 11.5 Å². The van der Waals surface area contributed by atoms with Gasteiger partial charge >= 0.3 is 0 Å². The van der Waals surface area contributed by atoms with Crippen LogP contribution in [0.2, 0.25) is 0 Å². The fraction of sp³-hybridized carbons (Fsp3) is 0.273. The molecule has 3 aromatic rings. The van der Waals surface area contributed by atoms with E-state index in [1.165, 1.54) is 0 Å². The van der Waals surface area contributed by atoms with E-state index in [1.807, 2.05) is 48.9 Å². The molecule has 3 rings (SSSR count). The van der Waals surface area contributed by atoms with Gasteiger partial charge in [0.2, 0.25) is 5.91 Å². The van der Waals surface area contributed by atoms with Gasteiger partial charge in [-0.1, -0.05) is 18.2 Å². The van der Waals surface area contributed by atoms with Crippen LogP contribution in [0.4, 0.5) is 5.69 Å². The fourth-order valence-corrected chi connectivity index (χ4v) is 3.22. The van der Waals surface area contributed by atoms with Crippen molar-refractivity contribution in [3.63, 3.8) is 0 Å². The minimum absolute atomic E-state index is 0.0854. The Labute approximate surface area is 165 Å². The number of nitrogens with zero attached hydrogens (tertiary/aromatic N) is 2. The fourth-order valence-electron chi connectivity index (χ4n) is 3.22. The number of carbonyl (C=O) groups is 1. The third kappa shape index (κ3) is 4.17. The molecule has 6 heteroatoms. The minimum atomic E-state index is -0.0854. The van der Waals surface area contributed by atoms with E-state index in [1.54, 1.807) is 32.4 Å². The van der Waals surface area contributed by atoms with E-state index < -0.39 is 0 Å². The lowest BCUT2D eigenvalue weighted by Crippen LogP contribution is -2.13. The molecule has 0 fully saturated rings. The average Bonchev–Trinajstić information content (AvgIpc) is 3.00. The molecule has 0 saturated carbocycles. The number of benzene rings is 2. The summed E-state index contributed by atoms with van der Waals surface area (Å²) in [7, 11) is 3.16. The second-order valence-electron chi connectivity index (χ2n) is 6.51. The predicted molar refractivity (Wildman–Crippen MR) is 110 cm³/mol. The maximum Gasteiger partial charge on any atom is 0.224 e. The molecular weight excluding hydrogens is 354 g/mol. The molecule has 1 aromatic heterocycles. The predicted octanol–water partition coefficient (Wildman–Crippen LogP) is 4.08. The molecule has 146 valence electrons. The molecule has 1 amide bonds. The summed E-state index contributed by atoms with van der Waals surface area (Å²) in [5.41, 5.74) is 4.69. The molecule has 0 aliphatic rings. The van der Waals surface area contributed by atoms with Crippen LogP contribution in [-0.4, -0.2) is 29.9 Å². The molecule has 0 aliphatic heterocycles. The summed E-state index contributed by atoms with van der Waals surface area (Å²) in [6.07, 6.45) is 0.963. The van der Waals surface area contributed by atoms with Crippen molar-refractivity contribution in [3.8, 4) is 17.2 Å². The molecule has 2 aromatic carbocycles. The van der Waals surface area contributed by atoms with E-state index in [-0.39, 0.29) is 5.91 Å². The summed E-state index contributed by atoms with van der Waals surface area (Å²) in [4.78, 5) is 12.5. The quantitative estimate of drug-likeness (QED) is 0.672. The van der Waals surface area contributed by atoms with Gasteiger partial charge in [-0.3, -0.25) is 4.79 Å². The highest BCUT2D eigenvalue weighted by Crippen LogP contribution is 2.29. The number of anilines is 1. The number of nitrogens with one attached hydrogen (secondary N) is 1. The van der Waals surface area contributed by atoms with Gasteiger partial charge in [-0.2, -0.15) is 5.10 Å². The first-order valence-corrected chi connectivity index (χ1v) is 9.16. The Hall–Kier alpha value is -3.28. The van der Waals surface area contributed by atoms with Crippen molar-refractivity contribution in [2.75, 3.05) is 19.5 Å². The van der Waals surface area contributed by atoms with E-state index in [0.29, 0.717) is 30.0 Å². The number of amides is 1. The Balaban J connectivity index is 1.71. The van der Waals surface area contributed by atoms with Gasteiger partial charge in [0.15, 0.2) is 0 Å². The smallest absolute Gasteiger partial charge is 0.224 e. The van der Waals surface area contributed by atoms with Crippen molar-refractivity contribution in [2.24, 2.45) is 0 Å². The van der Waals surface area contributed by atoms with Gasteiger partial charge in [0.25, 0.3) is 0 Å². The van der Waals surface area contributed by atoms with Crippen LogP contribution in [-0.2, 0) is 11.2 Å². The van der Waals surface area contributed by atoms with Crippen LogP contribution in [0.5, 0.6) is 11.5 Å². The van der Waals surface area contributed by atoms with Gasteiger partial charge < -0.3 is 14.8 Å². The number of aromatic nitrogens is 2. The summed E-state index contributed by atoms with van der Waals surface area (Å²) in [5, 5.41) is 7.55. The molecule has 0 bridgehead atoms. The van der Waals surface area contributed by atoms with Crippen molar-refractivity contribution in [1.82, 2.24) is 9.78 Å². The molecule has 0 unspecified atom stereocenters. The topological polar surface area (TPSA) is 65.4 Å². The molecule has 0 atom stereocenters. The maximum atomic E-state index is 12.5. The van der Waals surface area contributed by atoms with Crippen LogP contribution in [0, 0.1) is 13.8 Å². The monoisotopic (exact) mass is 379 g/mol. The second-order valence-corrected chi connectivity index (χ2v) is 6.51. The first-order valence-electron chi connectivity index (χ1n) is 9.16. The van der Waals surface area contributed by atoms with Gasteiger partial charge in [-0.05, 0) is 50.1 Å². The first kappa shape index (κ1) is 19.5. The lowest BCUT2D eigenvalue weighted by atomic mass is 10.1. The maximum absolute atomic E-state index is 12.5. The molecule has 0 aliphatic carbocycles. The zero-order valence-corrected chi connectivity index (χ0v) is 16.7. The van der Waals surface area contributed by atoms with Crippen LogP contribution >= 0.6 is 0 Å². The second kappa shape index (κ2) is 8.61. The van der Waals surface area contributed by atoms with Gasteiger partial charge in [0, 0.05) is 18.2 Å². The number of methoxy groups -OCH3 is 2. The van der Waals surface area contributed by atoms with E-state index in [0.717, 1.165) is 22.6 Å². The number of hydrogen-bond donors (Lipinski definition) is 1.